The van der Waals surface area contributed by atoms with Crippen molar-refractivity contribution in [2.24, 2.45) is 11.3 Å². The van der Waals surface area contributed by atoms with E-state index in [1.54, 1.807) is 0 Å². The molecule has 0 fully saturated rings. The number of carbonyl (C=O) groups excluding carboxylic acids is 3. The summed E-state index contributed by atoms with van der Waals surface area (Å²) in [6.45, 7) is 30.9. The highest BCUT2D eigenvalue weighted by molar-refractivity contribution is 5.79. The molecule has 1 aliphatic rings. The monoisotopic (exact) mass is 1110 g/mol. The van der Waals surface area contributed by atoms with Gasteiger partial charge in [-0.25, -0.2) is 4.79 Å². The Morgan fingerprint density at radius 1 is 0.762 bits per heavy atom. The smallest absolute Gasteiger partial charge is 0.432 e. The summed E-state index contributed by atoms with van der Waals surface area (Å²) < 4.78 is 32.8. The molecule has 80 heavy (non-hydrogen) atoms. The van der Waals surface area contributed by atoms with Gasteiger partial charge in [-0.3, -0.25) is 14.3 Å². The Morgan fingerprint density at radius 3 is 2.00 bits per heavy atom. The Hall–Kier alpha value is -5.11. The number of hydrogen-bond acceptors (Lipinski definition) is 11. The fraction of sp³-hybridized carbons (Fsp3) is 0.657. The van der Waals surface area contributed by atoms with Crippen LogP contribution in [-0.2, 0) is 43.2 Å². The first-order chi connectivity index (χ1) is 38.0. The molecule has 2 N–H and O–H groups in total. The minimum absolute atomic E-state index is 0.00953. The van der Waals surface area contributed by atoms with E-state index in [4.69, 9.17) is 23.7 Å². The zero-order valence-electron chi connectivity index (χ0n) is 52.1. The predicted octanol–water partition coefficient (Wildman–Crippen LogP) is 15.7. The lowest BCUT2D eigenvalue weighted by Gasteiger charge is -2.33. The number of carbonyl (C=O) groups is 3. The average Bonchev–Trinajstić information content (AvgIpc) is 3.84. The van der Waals surface area contributed by atoms with Crippen molar-refractivity contribution in [3.05, 3.63) is 108 Å². The Bertz CT molecular complexity index is 2330. The van der Waals surface area contributed by atoms with Crippen LogP contribution in [0, 0.1) is 11.3 Å². The Labute approximate surface area is 484 Å². The fourth-order valence-electron chi connectivity index (χ4n) is 9.36. The molecule has 1 amide bonds. The van der Waals surface area contributed by atoms with Gasteiger partial charge in [-0.1, -0.05) is 117 Å². The van der Waals surface area contributed by atoms with Crippen molar-refractivity contribution >= 4 is 18.0 Å². The number of unbranched alkanes of at least 4 members (excludes halogenated alkanes) is 6. The third-order valence-electron chi connectivity index (χ3n) is 15.0. The van der Waals surface area contributed by atoms with Crippen LogP contribution in [0.1, 0.15) is 221 Å². The minimum Gasteiger partial charge on any atom is -0.432 e. The number of amides is 1. The van der Waals surface area contributed by atoms with E-state index >= 15 is 0 Å². The summed E-state index contributed by atoms with van der Waals surface area (Å²) >= 11 is 0. The first kappa shape index (κ1) is 69.2. The second-order valence-corrected chi connectivity index (χ2v) is 24.5. The molecule has 0 spiro atoms. The fourth-order valence-corrected chi connectivity index (χ4v) is 9.36. The van der Waals surface area contributed by atoms with E-state index in [2.05, 4.69) is 131 Å². The quantitative estimate of drug-likeness (QED) is 0.0216. The van der Waals surface area contributed by atoms with Crippen molar-refractivity contribution in [3.63, 3.8) is 0 Å². The van der Waals surface area contributed by atoms with Crippen molar-refractivity contribution in [2.45, 2.75) is 241 Å². The molecular weight excluding hydrogens is 1000 g/mol. The van der Waals surface area contributed by atoms with Gasteiger partial charge in [0.15, 0.2) is 0 Å². The van der Waals surface area contributed by atoms with Crippen LogP contribution in [0.25, 0.3) is 0 Å². The number of rotatable bonds is 40. The molecule has 3 rings (SSSR count). The summed E-state index contributed by atoms with van der Waals surface area (Å²) in [5.41, 5.74) is 2.67. The van der Waals surface area contributed by atoms with Crippen LogP contribution in [0.4, 0.5) is 4.79 Å². The van der Waals surface area contributed by atoms with Crippen molar-refractivity contribution < 1.29 is 38.1 Å². The SMILES string of the molecule is C=C(C)[C@@H]1CCC(C)=C[C@H]1c1c(OC(=O)OCCNC(=O)CCC/C=C\C/C=C\C/C=C\C/C=C\CCCCC)cc(CCCCC)cc1OC(=O)C(C)(C)CCOC(C)(C)Cc1cn(CCC(C)(C)OCCC(C)(C)NC)nn1. The van der Waals surface area contributed by atoms with Crippen LogP contribution >= 0.6 is 0 Å². The molecule has 13 nitrogen and oxygen atoms in total. The maximum atomic E-state index is 14.5. The number of aryl methyl sites for hydroxylation is 2. The first-order valence-corrected chi connectivity index (χ1v) is 30.3. The molecule has 448 valence electrons. The van der Waals surface area contributed by atoms with Gasteiger partial charge in [-0.2, -0.15) is 0 Å². The molecule has 0 saturated carbocycles. The summed E-state index contributed by atoms with van der Waals surface area (Å²) in [6.07, 6.45) is 38.5. The highest BCUT2D eigenvalue weighted by Crippen LogP contribution is 2.48. The molecule has 1 aliphatic carbocycles. The molecule has 0 bridgehead atoms. The van der Waals surface area contributed by atoms with Crippen LogP contribution in [0.3, 0.4) is 0 Å². The number of benzene rings is 1. The lowest BCUT2D eigenvalue weighted by molar-refractivity contribution is -0.146. The lowest BCUT2D eigenvalue weighted by atomic mass is 9.73. The minimum atomic E-state index is -0.945. The van der Waals surface area contributed by atoms with Crippen molar-refractivity contribution in [1.29, 1.82) is 0 Å². The zero-order valence-corrected chi connectivity index (χ0v) is 52.1. The molecule has 1 aromatic heterocycles. The molecule has 13 heteroatoms. The third-order valence-corrected chi connectivity index (χ3v) is 15.0. The predicted molar refractivity (Wildman–Crippen MR) is 327 cm³/mol. The molecule has 0 unspecified atom stereocenters. The number of hydrogen-bond donors (Lipinski definition) is 2. The van der Waals surface area contributed by atoms with Gasteiger partial charge < -0.3 is 34.3 Å². The first-order valence-electron chi connectivity index (χ1n) is 30.3. The lowest BCUT2D eigenvalue weighted by Crippen LogP contribution is -2.38. The van der Waals surface area contributed by atoms with E-state index < -0.39 is 23.1 Å². The summed E-state index contributed by atoms with van der Waals surface area (Å²) in [6, 6.07) is 3.83. The number of allylic oxidation sites excluding steroid dienone is 11. The summed E-state index contributed by atoms with van der Waals surface area (Å²) in [7, 11) is 1.97. The Kier molecular flexibility index (Phi) is 31.4. The summed E-state index contributed by atoms with van der Waals surface area (Å²) in [4.78, 5) is 40.7. The normalized spacial score (nSPS) is 15.6. The average molecular weight is 1110 g/mol. The zero-order chi connectivity index (χ0) is 59.0. The molecule has 2 aromatic rings. The van der Waals surface area contributed by atoms with Gasteiger partial charge in [0.2, 0.25) is 5.91 Å². The number of esters is 1. The van der Waals surface area contributed by atoms with Gasteiger partial charge in [-0.05, 0) is 190 Å². The molecule has 0 radical (unpaired) electrons. The van der Waals surface area contributed by atoms with E-state index in [1.165, 1.54) is 31.3 Å². The van der Waals surface area contributed by atoms with E-state index in [-0.39, 0.29) is 47.8 Å². The largest absolute Gasteiger partial charge is 0.513 e. The standard InChI is InChI=1S/C67H107N5O8/c1-15-17-19-20-21-22-23-24-25-26-27-28-29-30-31-32-34-36-60(73)69-42-46-76-63(75)80-59-49-54(35-33-18-16-2)48-58(61(59)57-47-53(5)37-38-56(57)52(3)4)79-62(74)64(6,7)40-44-78-67(12,13)50-55-51-72(71-70-55)43-39-66(10,11)77-45-41-65(8,9)68-14/h21-22,24-25,27-28,30-31,47-49,51,56-57,68H,3,15-20,23,26,29,32-46,50H2,1-2,4-14H3,(H,69,73)/b22-21-,25-24-,28-27-,31-30-/t56-,57+/m0/s1. The summed E-state index contributed by atoms with van der Waals surface area (Å²) in [5.74, 6) is -0.145. The third kappa shape index (κ3) is 28.0. The van der Waals surface area contributed by atoms with Crippen molar-refractivity contribution in [3.8, 4) is 11.5 Å². The van der Waals surface area contributed by atoms with Gasteiger partial charge >= 0.3 is 12.1 Å². The number of nitrogens with zero attached hydrogens (tertiary/aromatic N) is 3. The highest BCUT2D eigenvalue weighted by Gasteiger charge is 2.36. The number of ether oxygens (including phenoxy) is 5. The van der Waals surface area contributed by atoms with E-state index in [0.29, 0.717) is 56.8 Å². The van der Waals surface area contributed by atoms with Crippen molar-refractivity contribution in [2.75, 3.05) is 33.4 Å². The topological polar surface area (TPSA) is 152 Å². The Balaban J connectivity index is 1.63. The van der Waals surface area contributed by atoms with Gasteiger partial charge in [-0.15, -0.1) is 5.10 Å². The van der Waals surface area contributed by atoms with Crippen LogP contribution in [0.15, 0.2) is 90.7 Å². The molecule has 0 aliphatic heterocycles. The van der Waals surface area contributed by atoms with Crippen LogP contribution < -0.4 is 20.1 Å². The van der Waals surface area contributed by atoms with Gasteiger partial charge in [0.25, 0.3) is 0 Å². The van der Waals surface area contributed by atoms with Gasteiger partial charge in [0.05, 0.1) is 28.9 Å². The number of aromatic nitrogens is 3. The Morgan fingerprint density at radius 2 is 1.36 bits per heavy atom. The maximum Gasteiger partial charge on any atom is 0.513 e. The van der Waals surface area contributed by atoms with Crippen LogP contribution in [0.2, 0.25) is 0 Å². The van der Waals surface area contributed by atoms with E-state index in [0.717, 1.165) is 93.9 Å². The molecule has 0 saturated heterocycles. The van der Waals surface area contributed by atoms with Crippen LogP contribution in [-0.4, -0.2) is 83.2 Å². The molecular formula is C67H107N5O8. The molecule has 2 atom stereocenters. The number of nitrogens with one attached hydrogen (secondary N) is 2. The van der Waals surface area contributed by atoms with E-state index in [1.807, 2.05) is 64.7 Å². The molecule has 1 heterocycles. The second-order valence-electron chi connectivity index (χ2n) is 24.5. The highest BCUT2D eigenvalue weighted by atomic mass is 16.7. The van der Waals surface area contributed by atoms with E-state index in [9.17, 15) is 14.4 Å². The second kappa shape index (κ2) is 36.4. The summed E-state index contributed by atoms with van der Waals surface area (Å²) in [5, 5.41) is 15.1. The van der Waals surface area contributed by atoms with Gasteiger partial charge in [0, 0.05) is 55.8 Å². The molecule has 1 aromatic carbocycles. The van der Waals surface area contributed by atoms with Crippen molar-refractivity contribution in [1.82, 2.24) is 25.6 Å². The maximum absolute atomic E-state index is 14.5. The van der Waals surface area contributed by atoms with Crippen LogP contribution in [0.5, 0.6) is 11.5 Å². The van der Waals surface area contributed by atoms with Gasteiger partial charge in [0.1, 0.15) is 18.1 Å².